The number of likely N-dealkylation sites (tertiary alicyclic amines) is 1. The van der Waals surface area contributed by atoms with Crippen LogP contribution in [0.15, 0.2) is 64.2 Å². The van der Waals surface area contributed by atoms with E-state index in [-0.39, 0.29) is 29.3 Å². The van der Waals surface area contributed by atoms with Crippen LogP contribution in [0.4, 0.5) is 13.2 Å². The zero-order valence-electron chi connectivity index (χ0n) is 21.6. The van der Waals surface area contributed by atoms with Gasteiger partial charge in [0.15, 0.2) is 0 Å². The highest BCUT2D eigenvalue weighted by Gasteiger charge is 2.32. The summed E-state index contributed by atoms with van der Waals surface area (Å²) in [5, 5.41) is 5.11. The predicted molar refractivity (Wildman–Crippen MR) is 139 cm³/mol. The number of nitrogens with one attached hydrogen (secondary N) is 3. The van der Waals surface area contributed by atoms with Crippen LogP contribution in [-0.4, -0.2) is 59.3 Å². The second-order valence-corrected chi connectivity index (χ2v) is 9.58. The second kappa shape index (κ2) is 12.2. The topological polar surface area (TPSA) is 126 Å². The molecule has 4 rings (SSSR count). The van der Waals surface area contributed by atoms with Gasteiger partial charge in [-0.25, -0.2) is 4.79 Å². The first-order valence-electron chi connectivity index (χ1n) is 12.5. The molecule has 2 heterocycles. The van der Waals surface area contributed by atoms with Crippen molar-refractivity contribution in [2.75, 3.05) is 26.7 Å². The first-order valence-corrected chi connectivity index (χ1v) is 12.5. The number of alkyl halides is 3. The molecule has 0 aliphatic carbocycles. The van der Waals surface area contributed by atoms with E-state index >= 15 is 0 Å². The molecular formula is C27H28F3N5O5. The van der Waals surface area contributed by atoms with Gasteiger partial charge in [0, 0.05) is 36.8 Å². The number of ether oxygens (including phenoxy) is 1. The van der Waals surface area contributed by atoms with E-state index in [0.717, 1.165) is 36.2 Å². The van der Waals surface area contributed by atoms with Crippen LogP contribution in [0.5, 0.6) is 5.75 Å². The van der Waals surface area contributed by atoms with Crippen molar-refractivity contribution in [3.63, 3.8) is 0 Å². The van der Waals surface area contributed by atoms with Gasteiger partial charge in [-0.3, -0.25) is 19.0 Å². The first kappa shape index (κ1) is 28.6. The zero-order chi connectivity index (χ0) is 28.9. The molecular weight excluding hydrogens is 531 g/mol. The number of benzene rings is 2. The van der Waals surface area contributed by atoms with E-state index in [0.29, 0.717) is 12.1 Å². The standard InChI is InChI=1S/C27H28F3N5O5/c1-34-10-9-18(15-34)13-31-24(37)19-7-8-20(22(11-19)40-27(28,29)30)14-32-25(38)21-12-23(36)35(26(39)33-21)16-17-5-3-2-4-6-17/h2-8,11-12,18H,9-10,13-16H2,1H3,(H,31,37)(H,32,38)(H,33,39). The van der Waals surface area contributed by atoms with Crippen molar-refractivity contribution in [3.8, 4) is 5.75 Å². The van der Waals surface area contributed by atoms with Crippen molar-refractivity contribution >= 4 is 11.8 Å². The summed E-state index contributed by atoms with van der Waals surface area (Å²) >= 11 is 0. The van der Waals surface area contributed by atoms with Crippen LogP contribution in [0.3, 0.4) is 0 Å². The maximum Gasteiger partial charge on any atom is 0.573 e. The highest BCUT2D eigenvalue weighted by atomic mass is 19.4. The molecule has 2 amide bonds. The highest BCUT2D eigenvalue weighted by molar-refractivity contribution is 5.95. The third kappa shape index (κ3) is 7.59. The third-order valence-electron chi connectivity index (χ3n) is 6.48. The Labute approximate surface area is 226 Å². The molecule has 0 radical (unpaired) electrons. The Morgan fingerprint density at radius 2 is 1.80 bits per heavy atom. The predicted octanol–water partition coefficient (Wildman–Crippen LogP) is 2.09. The van der Waals surface area contributed by atoms with Gasteiger partial charge in [0.1, 0.15) is 11.4 Å². The van der Waals surface area contributed by atoms with E-state index in [1.807, 2.05) is 7.05 Å². The molecule has 1 atom stereocenters. The summed E-state index contributed by atoms with van der Waals surface area (Å²) in [4.78, 5) is 54.6. The molecule has 2 aromatic carbocycles. The summed E-state index contributed by atoms with van der Waals surface area (Å²) in [6.45, 7) is 1.67. The number of carbonyl (C=O) groups is 2. The lowest BCUT2D eigenvalue weighted by Gasteiger charge is -2.16. The highest BCUT2D eigenvalue weighted by Crippen LogP contribution is 2.28. The lowest BCUT2D eigenvalue weighted by molar-refractivity contribution is -0.274. The van der Waals surface area contributed by atoms with Gasteiger partial charge >= 0.3 is 12.1 Å². The van der Waals surface area contributed by atoms with Crippen molar-refractivity contribution in [2.45, 2.75) is 25.9 Å². The van der Waals surface area contributed by atoms with Crippen LogP contribution >= 0.6 is 0 Å². The molecule has 0 bridgehead atoms. The minimum absolute atomic E-state index is 0.00726. The van der Waals surface area contributed by atoms with Gasteiger partial charge in [-0.2, -0.15) is 0 Å². The Morgan fingerprint density at radius 1 is 1.05 bits per heavy atom. The first-order chi connectivity index (χ1) is 19.0. The average Bonchev–Trinajstić information content (AvgIpc) is 3.33. The van der Waals surface area contributed by atoms with E-state index in [9.17, 15) is 32.3 Å². The van der Waals surface area contributed by atoms with Crippen molar-refractivity contribution in [1.82, 2.24) is 25.1 Å². The van der Waals surface area contributed by atoms with Gasteiger partial charge in [-0.15, -0.1) is 13.2 Å². The Balaban J connectivity index is 1.45. The van der Waals surface area contributed by atoms with Crippen LogP contribution < -0.4 is 26.6 Å². The van der Waals surface area contributed by atoms with E-state index in [1.54, 1.807) is 30.3 Å². The van der Waals surface area contributed by atoms with Gasteiger partial charge in [0.25, 0.3) is 17.4 Å². The fourth-order valence-corrected chi connectivity index (χ4v) is 4.42. The SMILES string of the molecule is CN1CCC(CNC(=O)c2ccc(CNC(=O)c3cc(=O)n(Cc4ccccc4)c(=O)[nH]3)c(OC(F)(F)F)c2)C1. The molecule has 1 aliphatic rings. The molecule has 1 fully saturated rings. The number of carbonyl (C=O) groups excluding carboxylic acids is 2. The van der Waals surface area contributed by atoms with Gasteiger partial charge in [0.2, 0.25) is 0 Å². The number of hydrogen-bond acceptors (Lipinski definition) is 6. The van der Waals surface area contributed by atoms with Crippen LogP contribution in [0.25, 0.3) is 0 Å². The van der Waals surface area contributed by atoms with Gasteiger partial charge < -0.3 is 25.3 Å². The summed E-state index contributed by atoms with van der Waals surface area (Å²) in [6.07, 6.45) is -4.14. The maximum atomic E-state index is 13.1. The van der Waals surface area contributed by atoms with Crippen molar-refractivity contribution in [3.05, 3.63) is 97.8 Å². The Hall–Kier alpha value is -4.39. The van der Waals surface area contributed by atoms with Crippen LogP contribution in [0.1, 0.15) is 38.4 Å². The van der Waals surface area contributed by atoms with Gasteiger partial charge in [0.05, 0.1) is 6.54 Å². The molecule has 40 heavy (non-hydrogen) atoms. The van der Waals surface area contributed by atoms with E-state index < -0.39 is 41.7 Å². The number of aromatic nitrogens is 2. The lowest BCUT2D eigenvalue weighted by Crippen LogP contribution is -2.38. The van der Waals surface area contributed by atoms with Crippen molar-refractivity contribution < 1.29 is 27.5 Å². The molecule has 1 aromatic heterocycles. The fraction of sp³-hybridized carbons (Fsp3) is 0.333. The molecule has 10 nitrogen and oxygen atoms in total. The molecule has 1 unspecified atom stereocenters. The molecule has 0 spiro atoms. The van der Waals surface area contributed by atoms with E-state index in [1.165, 1.54) is 12.1 Å². The fourth-order valence-electron chi connectivity index (χ4n) is 4.42. The van der Waals surface area contributed by atoms with Crippen LogP contribution in [-0.2, 0) is 13.1 Å². The minimum atomic E-state index is -5.04. The normalized spacial score (nSPS) is 15.6. The van der Waals surface area contributed by atoms with Crippen molar-refractivity contribution in [1.29, 1.82) is 0 Å². The molecule has 13 heteroatoms. The number of rotatable bonds is 9. The number of amides is 2. The quantitative estimate of drug-likeness (QED) is 0.369. The molecule has 3 aromatic rings. The summed E-state index contributed by atoms with van der Waals surface area (Å²) in [5.74, 6) is -1.85. The van der Waals surface area contributed by atoms with E-state index in [2.05, 4.69) is 25.3 Å². The van der Waals surface area contributed by atoms with Crippen LogP contribution in [0, 0.1) is 5.92 Å². The third-order valence-corrected chi connectivity index (χ3v) is 6.48. The van der Waals surface area contributed by atoms with E-state index in [4.69, 9.17) is 0 Å². The number of H-pyrrole nitrogens is 1. The summed E-state index contributed by atoms with van der Waals surface area (Å²) in [5.41, 5.74) is -1.30. The number of hydrogen-bond donors (Lipinski definition) is 3. The molecule has 1 aliphatic heterocycles. The number of halogens is 3. The lowest BCUT2D eigenvalue weighted by atomic mass is 10.1. The average molecular weight is 560 g/mol. The number of nitrogens with zero attached hydrogens (tertiary/aromatic N) is 2. The Kier molecular flexibility index (Phi) is 8.73. The Morgan fingerprint density at radius 3 is 2.45 bits per heavy atom. The molecule has 3 N–H and O–H groups in total. The minimum Gasteiger partial charge on any atom is -0.405 e. The summed E-state index contributed by atoms with van der Waals surface area (Å²) in [7, 11) is 1.97. The summed E-state index contributed by atoms with van der Waals surface area (Å²) in [6, 6.07) is 13.2. The summed E-state index contributed by atoms with van der Waals surface area (Å²) < 4.78 is 44.3. The van der Waals surface area contributed by atoms with Gasteiger partial charge in [-0.05, 0) is 43.6 Å². The second-order valence-electron chi connectivity index (χ2n) is 9.58. The zero-order valence-corrected chi connectivity index (χ0v) is 21.6. The maximum absolute atomic E-state index is 13.1. The molecule has 1 saturated heterocycles. The molecule has 0 saturated carbocycles. The smallest absolute Gasteiger partial charge is 0.405 e. The monoisotopic (exact) mass is 559 g/mol. The number of aromatic amines is 1. The molecule has 212 valence electrons. The Bertz CT molecular complexity index is 1460. The van der Waals surface area contributed by atoms with Crippen LogP contribution in [0.2, 0.25) is 0 Å². The van der Waals surface area contributed by atoms with Crippen molar-refractivity contribution in [2.24, 2.45) is 5.92 Å². The largest absolute Gasteiger partial charge is 0.573 e. The van der Waals surface area contributed by atoms with Gasteiger partial charge in [-0.1, -0.05) is 36.4 Å².